The number of carboxylic acids is 1. The molecule has 0 aliphatic heterocycles. The van der Waals surface area contributed by atoms with Gasteiger partial charge in [0.05, 0.1) is 22.5 Å². The average Bonchev–Trinajstić information content (AvgIpc) is 3.18. The topological polar surface area (TPSA) is 145 Å². The van der Waals surface area contributed by atoms with Crippen molar-refractivity contribution >= 4 is 23.9 Å². The summed E-state index contributed by atoms with van der Waals surface area (Å²) in [6.45, 7) is 8.69. The minimum Gasteiger partial charge on any atom is -0.478 e. The molecular weight excluding hydrogens is 468 g/mol. The first kappa shape index (κ1) is 28.3. The van der Waals surface area contributed by atoms with E-state index in [1.807, 2.05) is 27.7 Å². The summed E-state index contributed by atoms with van der Waals surface area (Å²) in [5.74, 6) is -1.92. The Hall–Kier alpha value is -3.96. The molecule has 0 unspecified atom stereocenters. The fourth-order valence-corrected chi connectivity index (χ4v) is 3.61. The van der Waals surface area contributed by atoms with Crippen LogP contribution in [0.15, 0.2) is 46.8 Å². The van der Waals surface area contributed by atoms with Gasteiger partial charge in [-0.15, -0.1) is 0 Å². The minimum absolute atomic E-state index is 0.0290. The van der Waals surface area contributed by atoms with Crippen LogP contribution in [0.25, 0.3) is 11.8 Å². The van der Waals surface area contributed by atoms with Crippen molar-refractivity contribution in [2.24, 2.45) is 0 Å². The number of aromatic nitrogens is 2. The van der Waals surface area contributed by atoms with Crippen LogP contribution in [0.5, 0.6) is 0 Å². The molecule has 0 aliphatic rings. The van der Waals surface area contributed by atoms with Crippen LogP contribution in [0, 0.1) is 0 Å². The van der Waals surface area contributed by atoms with Crippen LogP contribution in [-0.4, -0.2) is 73.9 Å². The molecule has 0 aliphatic carbocycles. The molecule has 0 radical (unpaired) electrons. The molecule has 1 heterocycles. The lowest BCUT2D eigenvalue weighted by molar-refractivity contribution is -0.253. The van der Waals surface area contributed by atoms with Gasteiger partial charge in [-0.3, -0.25) is 24.7 Å². The zero-order chi connectivity index (χ0) is 26.8. The molecule has 2 aromatic rings. The van der Waals surface area contributed by atoms with E-state index in [1.54, 1.807) is 0 Å². The Bertz CT molecular complexity index is 1160. The Morgan fingerprint density at radius 3 is 1.94 bits per heavy atom. The van der Waals surface area contributed by atoms with E-state index in [0.717, 1.165) is 0 Å². The fourth-order valence-electron chi connectivity index (χ4n) is 3.61. The quantitative estimate of drug-likeness (QED) is 0.101. The number of amides is 2. The molecule has 0 saturated heterocycles. The second-order valence-corrected chi connectivity index (χ2v) is 7.66. The van der Waals surface area contributed by atoms with Crippen LogP contribution >= 0.6 is 0 Å². The highest BCUT2D eigenvalue weighted by Gasteiger charge is 2.25. The van der Waals surface area contributed by atoms with Crippen LogP contribution in [-0.2, 0) is 21.1 Å². The maximum atomic E-state index is 13.1. The van der Waals surface area contributed by atoms with Gasteiger partial charge >= 0.3 is 5.97 Å². The number of nitrogens with one attached hydrogen (secondary N) is 1. The zero-order valence-corrected chi connectivity index (χ0v) is 20.9. The number of likely N-dealkylation sites (N-methyl/N-ethyl adjacent to an activating group) is 2. The van der Waals surface area contributed by atoms with Crippen molar-refractivity contribution in [3.63, 3.8) is 0 Å². The molecule has 1 aromatic carbocycles. The van der Waals surface area contributed by atoms with Gasteiger partial charge in [0.2, 0.25) is 0 Å². The second kappa shape index (κ2) is 13.2. The molecule has 3 N–H and O–H groups in total. The van der Waals surface area contributed by atoms with Gasteiger partial charge < -0.3 is 14.9 Å². The van der Waals surface area contributed by atoms with Crippen molar-refractivity contribution in [2.45, 2.75) is 34.3 Å². The van der Waals surface area contributed by atoms with E-state index in [9.17, 15) is 19.2 Å². The lowest BCUT2D eigenvalue weighted by Gasteiger charge is -2.24. The van der Waals surface area contributed by atoms with Crippen molar-refractivity contribution in [3.05, 3.63) is 69.2 Å². The number of hydrogen-bond acceptors (Lipinski definition) is 6. The number of carbonyl (C=O) groups is 3. The van der Waals surface area contributed by atoms with Gasteiger partial charge in [-0.2, -0.15) is 0 Å². The Morgan fingerprint density at radius 2 is 1.50 bits per heavy atom. The zero-order valence-electron chi connectivity index (χ0n) is 20.9. The molecule has 2 rings (SSSR count). The van der Waals surface area contributed by atoms with Gasteiger partial charge in [0.25, 0.3) is 17.4 Å². The summed E-state index contributed by atoms with van der Waals surface area (Å²) < 4.78 is 1.17. The Labute approximate surface area is 208 Å². The molecule has 1 aromatic heterocycles. The molecule has 0 saturated carbocycles. The summed E-state index contributed by atoms with van der Waals surface area (Å²) in [5, 5.41) is 20.9. The lowest BCUT2D eigenvalue weighted by Crippen LogP contribution is -2.40. The van der Waals surface area contributed by atoms with Crippen LogP contribution in [0.4, 0.5) is 0 Å². The normalized spacial score (nSPS) is 10.9. The average molecular weight is 501 g/mol. The highest BCUT2D eigenvalue weighted by atomic mass is 17.1. The molecule has 11 heteroatoms. The van der Waals surface area contributed by atoms with E-state index in [0.29, 0.717) is 31.9 Å². The lowest BCUT2D eigenvalue weighted by atomic mass is 10.1. The number of nitrogens with zero attached hydrogens (tertiary/aromatic N) is 3. The highest BCUT2D eigenvalue weighted by Crippen LogP contribution is 2.13. The van der Waals surface area contributed by atoms with Gasteiger partial charge in [0.15, 0.2) is 0 Å². The maximum Gasteiger partial charge on any atom is 0.335 e. The number of hydrogen-bond donors (Lipinski definition) is 3. The van der Waals surface area contributed by atoms with E-state index in [1.165, 1.54) is 57.0 Å². The van der Waals surface area contributed by atoms with Crippen molar-refractivity contribution in [1.29, 1.82) is 0 Å². The first-order valence-electron chi connectivity index (χ1n) is 11.6. The molecule has 2 amide bonds. The third-order valence-electron chi connectivity index (χ3n) is 5.67. The SMILES string of the molecule is CCN(CC)C(=O)C(=C/C=C/c1c(COO)[nH]n(-c2ccc(C(=O)O)cc2)c1=O)C(=O)N(CC)CC. The summed E-state index contributed by atoms with van der Waals surface area (Å²) in [6.07, 6.45) is 4.23. The van der Waals surface area contributed by atoms with E-state index >= 15 is 0 Å². The van der Waals surface area contributed by atoms with E-state index in [-0.39, 0.29) is 29.0 Å². The number of carboxylic acid groups (broad SMARTS) is 1. The summed E-state index contributed by atoms with van der Waals surface area (Å²) in [5.41, 5.74) is 0.271. The van der Waals surface area contributed by atoms with Crippen LogP contribution in [0.3, 0.4) is 0 Å². The predicted octanol–water partition coefficient (Wildman–Crippen LogP) is 2.53. The summed E-state index contributed by atoms with van der Waals surface area (Å²) >= 11 is 0. The molecular formula is C25H32N4O7. The summed E-state index contributed by atoms with van der Waals surface area (Å²) in [7, 11) is 0. The van der Waals surface area contributed by atoms with Gasteiger partial charge in [0.1, 0.15) is 12.2 Å². The third kappa shape index (κ3) is 6.37. The van der Waals surface area contributed by atoms with Crippen molar-refractivity contribution in [3.8, 4) is 5.69 Å². The van der Waals surface area contributed by atoms with Crippen LogP contribution in [0.2, 0.25) is 0 Å². The van der Waals surface area contributed by atoms with E-state index in [4.69, 9.17) is 10.4 Å². The van der Waals surface area contributed by atoms with E-state index < -0.39 is 23.3 Å². The molecule has 0 spiro atoms. The van der Waals surface area contributed by atoms with Crippen molar-refractivity contribution in [1.82, 2.24) is 19.6 Å². The number of aromatic amines is 1. The molecule has 0 fully saturated rings. The van der Waals surface area contributed by atoms with Gasteiger partial charge in [-0.1, -0.05) is 6.08 Å². The van der Waals surface area contributed by atoms with Crippen LogP contribution in [0.1, 0.15) is 49.3 Å². The highest BCUT2D eigenvalue weighted by molar-refractivity contribution is 6.18. The third-order valence-corrected chi connectivity index (χ3v) is 5.67. The van der Waals surface area contributed by atoms with Crippen molar-refractivity contribution < 1.29 is 29.6 Å². The van der Waals surface area contributed by atoms with Gasteiger partial charge in [-0.25, -0.2) is 14.4 Å². The predicted molar refractivity (Wildman–Crippen MR) is 134 cm³/mol. The Balaban J connectivity index is 2.53. The smallest absolute Gasteiger partial charge is 0.335 e. The number of rotatable bonds is 12. The Morgan fingerprint density at radius 1 is 0.972 bits per heavy atom. The molecule has 0 atom stereocenters. The molecule has 0 bridgehead atoms. The monoisotopic (exact) mass is 500 g/mol. The largest absolute Gasteiger partial charge is 0.478 e. The Kier molecular flexibility index (Phi) is 10.4. The van der Waals surface area contributed by atoms with Crippen LogP contribution < -0.4 is 5.56 Å². The molecule has 194 valence electrons. The number of allylic oxidation sites excluding steroid dienone is 2. The first-order chi connectivity index (χ1) is 17.2. The second-order valence-electron chi connectivity index (χ2n) is 7.66. The van der Waals surface area contributed by atoms with E-state index in [2.05, 4.69) is 9.99 Å². The molecule has 11 nitrogen and oxygen atoms in total. The fraction of sp³-hybridized carbons (Fsp3) is 0.360. The number of carbonyl (C=O) groups excluding carboxylic acids is 2. The van der Waals surface area contributed by atoms with Gasteiger partial charge in [0, 0.05) is 26.2 Å². The van der Waals surface area contributed by atoms with Crippen molar-refractivity contribution in [2.75, 3.05) is 26.2 Å². The standard InChI is InChI=1S/C25H32N4O7/c1-5-27(6-2)22(30)20(23(31)28(7-3)8-4)11-9-10-19-21(16-36-35)26-29(24(19)32)18-14-12-17(13-15-18)25(33)34/h9-15,26,35H,5-8,16H2,1-4H3,(H,33,34)/b10-9+. The summed E-state index contributed by atoms with van der Waals surface area (Å²) in [4.78, 5) is 57.5. The first-order valence-corrected chi connectivity index (χ1v) is 11.6. The van der Waals surface area contributed by atoms with Gasteiger partial charge in [-0.05, 0) is 64.1 Å². The minimum atomic E-state index is -1.10. The molecule has 36 heavy (non-hydrogen) atoms. The number of H-pyrrole nitrogens is 1. The number of benzene rings is 1. The summed E-state index contributed by atoms with van der Waals surface area (Å²) in [6, 6.07) is 5.63. The maximum absolute atomic E-state index is 13.1. The number of aromatic carboxylic acids is 1.